The summed E-state index contributed by atoms with van der Waals surface area (Å²) in [5.74, 6) is 0.736. The number of ether oxygens (including phenoxy) is 2. The van der Waals surface area contributed by atoms with E-state index >= 15 is 0 Å². The van der Waals surface area contributed by atoms with Crippen molar-refractivity contribution in [3.05, 3.63) is 47.5 Å². The normalized spacial score (nSPS) is 18.9. The lowest BCUT2D eigenvalue weighted by molar-refractivity contribution is -0.116. The van der Waals surface area contributed by atoms with Crippen LogP contribution in [0, 0.1) is 0 Å². The average Bonchev–Trinajstić information content (AvgIpc) is 3.26. The van der Waals surface area contributed by atoms with E-state index in [4.69, 9.17) is 9.47 Å². The summed E-state index contributed by atoms with van der Waals surface area (Å²) in [5.41, 5.74) is 3.00. The largest absolute Gasteiger partial charge is 0.448 e. The first-order valence-corrected chi connectivity index (χ1v) is 9.37. The van der Waals surface area contributed by atoms with E-state index in [1.807, 2.05) is 24.3 Å². The standard InChI is InChI=1S/C21H20N2O4/c24-19-8-4-13-11-14(3-6-16(13)23-19)20(25)22-15-5-7-17-18(12-15)27-21(26-17)9-1-2-10-21/h3,5-7,11-12H,1-2,4,8-10H2,(H,22,25)(H,23,24). The molecule has 1 aliphatic carbocycles. The van der Waals surface area contributed by atoms with Gasteiger partial charge in [-0.1, -0.05) is 0 Å². The van der Waals surface area contributed by atoms with Crippen LogP contribution < -0.4 is 20.1 Å². The van der Waals surface area contributed by atoms with Crippen LogP contribution in [-0.2, 0) is 11.2 Å². The average molecular weight is 364 g/mol. The minimum atomic E-state index is -0.506. The van der Waals surface area contributed by atoms with E-state index in [0.717, 1.165) is 42.7 Å². The molecular formula is C21H20N2O4. The summed E-state index contributed by atoms with van der Waals surface area (Å²) in [6.07, 6.45) is 5.10. The van der Waals surface area contributed by atoms with Crippen LogP contribution >= 0.6 is 0 Å². The van der Waals surface area contributed by atoms with E-state index < -0.39 is 5.79 Å². The molecule has 2 aromatic rings. The van der Waals surface area contributed by atoms with Gasteiger partial charge >= 0.3 is 0 Å². The molecule has 2 N–H and O–H groups in total. The summed E-state index contributed by atoms with van der Waals surface area (Å²) >= 11 is 0. The van der Waals surface area contributed by atoms with Gasteiger partial charge in [-0.05, 0) is 55.2 Å². The zero-order valence-electron chi connectivity index (χ0n) is 14.8. The molecule has 2 aromatic carbocycles. The third-order valence-corrected chi connectivity index (χ3v) is 5.42. The van der Waals surface area contributed by atoms with Gasteiger partial charge in [0.25, 0.3) is 11.7 Å². The molecule has 5 rings (SSSR count). The maximum atomic E-state index is 12.6. The Morgan fingerprint density at radius 1 is 1.00 bits per heavy atom. The number of aryl methyl sites for hydroxylation is 1. The van der Waals surface area contributed by atoms with Crippen LogP contribution in [-0.4, -0.2) is 17.6 Å². The molecule has 1 spiro atoms. The molecule has 138 valence electrons. The second kappa shape index (κ2) is 6.01. The van der Waals surface area contributed by atoms with Crippen LogP contribution in [0.4, 0.5) is 11.4 Å². The molecule has 0 radical (unpaired) electrons. The van der Waals surface area contributed by atoms with Crippen molar-refractivity contribution in [2.45, 2.75) is 44.3 Å². The summed E-state index contributed by atoms with van der Waals surface area (Å²) in [5, 5.41) is 5.75. The summed E-state index contributed by atoms with van der Waals surface area (Å²) in [6, 6.07) is 10.8. The Bertz CT molecular complexity index is 947. The number of benzene rings is 2. The zero-order chi connectivity index (χ0) is 18.4. The number of carbonyl (C=O) groups excluding carboxylic acids is 2. The molecule has 0 bridgehead atoms. The third-order valence-electron chi connectivity index (χ3n) is 5.42. The Morgan fingerprint density at radius 3 is 2.67 bits per heavy atom. The second-order valence-corrected chi connectivity index (χ2v) is 7.36. The lowest BCUT2D eigenvalue weighted by Gasteiger charge is -2.21. The van der Waals surface area contributed by atoms with Gasteiger partial charge in [0.15, 0.2) is 11.5 Å². The number of hydrogen-bond donors (Lipinski definition) is 2. The first-order chi connectivity index (χ1) is 13.1. The molecule has 6 nitrogen and oxygen atoms in total. The van der Waals surface area contributed by atoms with E-state index in [9.17, 15) is 9.59 Å². The van der Waals surface area contributed by atoms with Crippen molar-refractivity contribution in [2.75, 3.05) is 10.6 Å². The number of hydrogen-bond acceptors (Lipinski definition) is 4. The van der Waals surface area contributed by atoms with Gasteiger partial charge < -0.3 is 20.1 Å². The Morgan fingerprint density at radius 2 is 1.81 bits per heavy atom. The smallest absolute Gasteiger partial charge is 0.255 e. The number of rotatable bonds is 2. The van der Waals surface area contributed by atoms with Gasteiger partial charge in [0.1, 0.15) is 0 Å². The van der Waals surface area contributed by atoms with Crippen LogP contribution in [0.25, 0.3) is 0 Å². The molecule has 6 heteroatoms. The molecule has 27 heavy (non-hydrogen) atoms. The summed E-state index contributed by atoms with van der Waals surface area (Å²) in [4.78, 5) is 24.1. The van der Waals surface area contributed by atoms with E-state index in [0.29, 0.717) is 29.8 Å². The molecule has 0 unspecified atom stereocenters. The fraction of sp³-hybridized carbons (Fsp3) is 0.333. The molecule has 0 aromatic heterocycles. The number of carbonyl (C=O) groups is 2. The van der Waals surface area contributed by atoms with Gasteiger partial charge in [-0.25, -0.2) is 0 Å². The minimum absolute atomic E-state index is 0.0140. The Hall–Kier alpha value is -3.02. The second-order valence-electron chi connectivity index (χ2n) is 7.36. The first-order valence-electron chi connectivity index (χ1n) is 9.37. The van der Waals surface area contributed by atoms with Gasteiger partial charge in [-0.3, -0.25) is 9.59 Å². The molecule has 1 fully saturated rings. The number of fused-ring (bicyclic) bond motifs is 2. The van der Waals surface area contributed by atoms with Gasteiger partial charge in [0.2, 0.25) is 5.91 Å². The topological polar surface area (TPSA) is 76.7 Å². The van der Waals surface area contributed by atoms with Crippen molar-refractivity contribution in [3.8, 4) is 11.5 Å². The van der Waals surface area contributed by atoms with Crippen molar-refractivity contribution >= 4 is 23.2 Å². The minimum Gasteiger partial charge on any atom is -0.448 e. The van der Waals surface area contributed by atoms with E-state index in [1.54, 1.807) is 12.1 Å². The Kier molecular flexibility index (Phi) is 3.60. The van der Waals surface area contributed by atoms with Crippen molar-refractivity contribution in [1.29, 1.82) is 0 Å². The maximum absolute atomic E-state index is 12.6. The van der Waals surface area contributed by atoms with Crippen molar-refractivity contribution in [1.82, 2.24) is 0 Å². The molecule has 2 heterocycles. The van der Waals surface area contributed by atoms with Crippen molar-refractivity contribution in [3.63, 3.8) is 0 Å². The van der Waals surface area contributed by atoms with Gasteiger partial charge in [-0.15, -0.1) is 0 Å². The number of amides is 2. The predicted molar refractivity (Wildman–Crippen MR) is 100 cm³/mol. The monoisotopic (exact) mass is 364 g/mol. The predicted octanol–water partition coefficient (Wildman–Crippen LogP) is 3.87. The van der Waals surface area contributed by atoms with Crippen molar-refractivity contribution in [2.24, 2.45) is 0 Å². The molecular weight excluding hydrogens is 344 g/mol. The molecule has 2 amide bonds. The van der Waals surface area contributed by atoms with Crippen LogP contribution in [0.3, 0.4) is 0 Å². The van der Waals surface area contributed by atoms with Gasteiger partial charge in [-0.2, -0.15) is 0 Å². The highest BCUT2D eigenvalue weighted by Gasteiger charge is 2.44. The fourth-order valence-corrected chi connectivity index (χ4v) is 4.02. The summed E-state index contributed by atoms with van der Waals surface area (Å²) in [6.45, 7) is 0. The third kappa shape index (κ3) is 2.91. The van der Waals surface area contributed by atoms with E-state index in [-0.39, 0.29) is 11.8 Å². The highest BCUT2D eigenvalue weighted by Crippen LogP contribution is 2.47. The van der Waals surface area contributed by atoms with Gasteiger partial charge in [0, 0.05) is 42.3 Å². The lowest BCUT2D eigenvalue weighted by atomic mass is 10.00. The van der Waals surface area contributed by atoms with Crippen molar-refractivity contribution < 1.29 is 19.1 Å². The van der Waals surface area contributed by atoms with Crippen LogP contribution in [0.5, 0.6) is 11.5 Å². The number of anilines is 2. The molecule has 2 aliphatic heterocycles. The van der Waals surface area contributed by atoms with Crippen LogP contribution in [0.15, 0.2) is 36.4 Å². The van der Waals surface area contributed by atoms with Crippen LogP contribution in [0.2, 0.25) is 0 Å². The quantitative estimate of drug-likeness (QED) is 0.848. The SMILES string of the molecule is O=C1CCc2cc(C(=O)Nc3ccc4c(c3)OC3(CCCC3)O4)ccc2N1. The molecule has 3 aliphatic rings. The van der Waals surface area contributed by atoms with Gasteiger partial charge in [0.05, 0.1) is 0 Å². The summed E-state index contributed by atoms with van der Waals surface area (Å²) < 4.78 is 12.1. The highest BCUT2D eigenvalue weighted by atomic mass is 16.7. The Balaban J connectivity index is 1.33. The molecule has 0 atom stereocenters. The lowest BCUT2D eigenvalue weighted by Crippen LogP contribution is -2.34. The Labute approximate surface area is 156 Å². The van der Waals surface area contributed by atoms with E-state index in [1.165, 1.54) is 0 Å². The highest BCUT2D eigenvalue weighted by molar-refractivity contribution is 6.05. The first kappa shape index (κ1) is 16.2. The fourth-order valence-electron chi connectivity index (χ4n) is 4.02. The van der Waals surface area contributed by atoms with E-state index in [2.05, 4.69) is 10.6 Å². The molecule has 1 saturated carbocycles. The maximum Gasteiger partial charge on any atom is 0.255 e. The number of nitrogens with one attached hydrogen (secondary N) is 2. The molecule has 0 saturated heterocycles. The zero-order valence-corrected chi connectivity index (χ0v) is 14.8. The summed E-state index contributed by atoms with van der Waals surface area (Å²) in [7, 11) is 0. The van der Waals surface area contributed by atoms with Crippen LogP contribution in [0.1, 0.15) is 48.0 Å².